The van der Waals surface area contributed by atoms with E-state index in [2.05, 4.69) is 20.3 Å². The molecular formula is C9H14N4O3S. The van der Waals surface area contributed by atoms with Crippen LogP contribution < -0.4 is 11.1 Å². The van der Waals surface area contributed by atoms with Gasteiger partial charge in [-0.2, -0.15) is 0 Å². The third-order valence-electron chi connectivity index (χ3n) is 1.82. The third kappa shape index (κ3) is 3.75. The van der Waals surface area contributed by atoms with Crippen LogP contribution in [0.15, 0.2) is 0 Å². The van der Waals surface area contributed by atoms with Crippen molar-refractivity contribution < 1.29 is 14.3 Å². The summed E-state index contributed by atoms with van der Waals surface area (Å²) in [5.41, 5.74) is 5.40. The maximum Gasteiger partial charge on any atom is 0.332 e. The summed E-state index contributed by atoms with van der Waals surface area (Å²) in [6.07, 6.45) is 0.734. The van der Waals surface area contributed by atoms with Crippen LogP contribution in [0.4, 0.5) is 5.13 Å². The van der Waals surface area contributed by atoms with Crippen LogP contribution in [0.2, 0.25) is 0 Å². The summed E-state index contributed by atoms with van der Waals surface area (Å²) in [5, 5.41) is 11.1. The normalized spacial score (nSPS) is 11.9. The third-order valence-corrected chi connectivity index (χ3v) is 2.81. The zero-order valence-electron chi connectivity index (χ0n) is 9.60. The van der Waals surface area contributed by atoms with Crippen molar-refractivity contribution in [1.82, 2.24) is 10.2 Å². The van der Waals surface area contributed by atoms with Gasteiger partial charge in [0.2, 0.25) is 5.13 Å². The van der Waals surface area contributed by atoms with E-state index in [9.17, 15) is 9.59 Å². The van der Waals surface area contributed by atoms with E-state index < -0.39 is 17.9 Å². The molecule has 17 heavy (non-hydrogen) atoms. The summed E-state index contributed by atoms with van der Waals surface area (Å²) < 4.78 is 4.63. The number of hydrogen-bond donors (Lipinski definition) is 2. The molecule has 3 N–H and O–H groups in total. The van der Waals surface area contributed by atoms with Crippen LogP contribution in [0.5, 0.6) is 0 Å². The second kappa shape index (κ2) is 6.26. The van der Waals surface area contributed by atoms with Crippen molar-refractivity contribution in [2.24, 2.45) is 5.73 Å². The molecule has 0 aliphatic carbocycles. The maximum atomic E-state index is 11.5. The predicted octanol–water partition coefficient (Wildman–Crippen LogP) is -0.0706. The topological polar surface area (TPSA) is 107 Å². The molecule has 8 heteroatoms. The fourth-order valence-electron chi connectivity index (χ4n) is 0.969. The fraction of sp³-hybridized carbons (Fsp3) is 0.556. The predicted molar refractivity (Wildman–Crippen MR) is 62.5 cm³/mol. The number of carbonyl (C=O) groups excluding carboxylic acids is 2. The molecule has 0 spiro atoms. The van der Waals surface area contributed by atoms with E-state index in [1.54, 1.807) is 6.92 Å². The number of aryl methyl sites for hydroxylation is 1. The summed E-state index contributed by atoms with van der Waals surface area (Å²) in [6, 6.07) is -1.34. The molecule has 1 rings (SSSR count). The highest BCUT2D eigenvalue weighted by atomic mass is 32.1. The number of esters is 1. The Morgan fingerprint density at radius 2 is 2.18 bits per heavy atom. The summed E-state index contributed by atoms with van der Waals surface area (Å²) in [6.45, 7) is 3.75. The number of carbonyl (C=O) groups is 2. The lowest BCUT2D eigenvalue weighted by Gasteiger charge is -2.08. The number of ether oxygens (including phenoxy) is 1. The lowest BCUT2D eigenvalue weighted by atomic mass is 10.3. The molecule has 1 aromatic heterocycles. The van der Waals surface area contributed by atoms with E-state index in [0.717, 1.165) is 11.4 Å². The zero-order chi connectivity index (χ0) is 12.8. The van der Waals surface area contributed by atoms with E-state index in [-0.39, 0.29) is 6.61 Å². The molecule has 0 aliphatic heterocycles. The van der Waals surface area contributed by atoms with Gasteiger partial charge in [0.25, 0.3) is 5.91 Å². The van der Waals surface area contributed by atoms with Crippen LogP contribution >= 0.6 is 11.3 Å². The molecule has 94 valence electrons. The van der Waals surface area contributed by atoms with Crippen molar-refractivity contribution in [3.63, 3.8) is 0 Å². The minimum absolute atomic E-state index is 0.179. The highest BCUT2D eigenvalue weighted by Crippen LogP contribution is 2.15. The quantitative estimate of drug-likeness (QED) is 0.565. The number of anilines is 1. The summed E-state index contributed by atoms with van der Waals surface area (Å²) in [7, 11) is 0. The standard InChI is InChI=1S/C9H14N4O3S/c1-3-5-12-13-9(17-5)11-7(14)6(10)8(15)16-4-2/h6H,3-4,10H2,1-2H3,(H,11,13,14). The first-order valence-corrected chi connectivity index (χ1v) is 5.95. The van der Waals surface area contributed by atoms with Gasteiger partial charge in [-0.25, -0.2) is 4.79 Å². The van der Waals surface area contributed by atoms with Gasteiger partial charge >= 0.3 is 5.97 Å². The van der Waals surface area contributed by atoms with Gasteiger partial charge in [0, 0.05) is 0 Å². The molecule has 0 aromatic carbocycles. The fourth-order valence-corrected chi connectivity index (χ4v) is 1.65. The number of hydrogen-bond acceptors (Lipinski definition) is 7. The van der Waals surface area contributed by atoms with E-state index in [1.807, 2.05) is 6.92 Å². The molecule has 7 nitrogen and oxygen atoms in total. The van der Waals surface area contributed by atoms with E-state index in [0.29, 0.717) is 5.13 Å². The van der Waals surface area contributed by atoms with Crippen molar-refractivity contribution >= 4 is 28.3 Å². The van der Waals surface area contributed by atoms with Crippen LogP contribution in [0.25, 0.3) is 0 Å². The van der Waals surface area contributed by atoms with Crippen LogP contribution in [0.1, 0.15) is 18.9 Å². The maximum absolute atomic E-state index is 11.5. The largest absolute Gasteiger partial charge is 0.464 e. The Kier molecular flexibility index (Phi) is 4.98. The van der Waals surface area contributed by atoms with Gasteiger partial charge in [-0.15, -0.1) is 10.2 Å². The monoisotopic (exact) mass is 258 g/mol. The second-order valence-corrected chi connectivity index (χ2v) is 4.14. The summed E-state index contributed by atoms with van der Waals surface area (Å²) >= 11 is 1.24. The first-order chi connectivity index (χ1) is 8.08. The lowest BCUT2D eigenvalue weighted by Crippen LogP contribution is -2.43. The van der Waals surface area contributed by atoms with E-state index in [1.165, 1.54) is 11.3 Å². The summed E-state index contributed by atoms with van der Waals surface area (Å²) in [4.78, 5) is 22.7. The van der Waals surface area contributed by atoms with Crippen LogP contribution in [0.3, 0.4) is 0 Å². The minimum atomic E-state index is -1.34. The van der Waals surface area contributed by atoms with Gasteiger partial charge in [0.05, 0.1) is 6.61 Å². The van der Waals surface area contributed by atoms with Gasteiger partial charge in [0.15, 0.2) is 6.04 Å². The van der Waals surface area contributed by atoms with Crippen molar-refractivity contribution in [2.45, 2.75) is 26.3 Å². The number of aromatic nitrogens is 2. The van der Waals surface area contributed by atoms with Crippen LogP contribution in [-0.2, 0) is 20.7 Å². The number of nitrogens with two attached hydrogens (primary N) is 1. The number of amides is 1. The second-order valence-electron chi connectivity index (χ2n) is 3.07. The lowest BCUT2D eigenvalue weighted by molar-refractivity contribution is -0.146. The number of nitrogens with zero attached hydrogens (tertiary/aromatic N) is 2. The molecule has 0 aliphatic rings. The molecule has 0 fully saturated rings. The minimum Gasteiger partial charge on any atom is -0.464 e. The summed E-state index contributed by atoms with van der Waals surface area (Å²) in [5.74, 6) is -1.41. The number of rotatable bonds is 5. The van der Waals surface area contributed by atoms with Crippen LogP contribution in [-0.4, -0.2) is 34.7 Å². The van der Waals surface area contributed by atoms with Crippen molar-refractivity contribution in [3.8, 4) is 0 Å². The molecule has 1 aromatic rings. The van der Waals surface area contributed by atoms with Crippen molar-refractivity contribution in [3.05, 3.63) is 5.01 Å². The Hall–Kier alpha value is -1.54. The first kappa shape index (κ1) is 13.5. The molecular weight excluding hydrogens is 244 g/mol. The highest BCUT2D eigenvalue weighted by molar-refractivity contribution is 7.15. The average molecular weight is 258 g/mol. The van der Waals surface area contributed by atoms with Crippen molar-refractivity contribution in [1.29, 1.82) is 0 Å². The Bertz CT molecular complexity index is 407. The molecule has 1 unspecified atom stereocenters. The molecule has 0 bridgehead atoms. The molecule has 0 saturated carbocycles. The van der Waals surface area contributed by atoms with E-state index >= 15 is 0 Å². The highest BCUT2D eigenvalue weighted by Gasteiger charge is 2.24. The molecule has 0 radical (unpaired) electrons. The van der Waals surface area contributed by atoms with Gasteiger partial charge in [0.1, 0.15) is 5.01 Å². The first-order valence-electron chi connectivity index (χ1n) is 5.13. The Morgan fingerprint density at radius 1 is 1.47 bits per heavy atom. The smallest absolute Gasteiger partial charge is 0.332 e. The molecule has 0 saturated heterocycles. The Labute approximate surface area is 102 Å². The molecule has 1 amide bonds. The van der Waals surface area contributed by atoms with E-state index in [4.69, 9.17) is 5.73 Å². The number of nitrogens with one attached hydrogen (secondary N) is 1. The van der Waals surface area contributed by atoms with Crippen molar-refractivity contribution in [2.75, 3.05) is 11.9 Å². The van der Waals surface area contributed by atoms with Crippen LogP contribution in [0, 0.1) is 0 Å². The van der Waals surface area contributed by atoms with Gasteiger partial charge in [-0.1, -0.05) is 18.3 Å². The Morgan fingerprint density at radius 3 is 2.71 bits per heavy atom. The molecule has 1 heterocycles. The SMILES string of the molecule is CCOC(=O)C(N)C(=O)Nc1nnc(CC)s1. The zero-order valence-corrected chi connectivity index (χ0v) is 10.4. The molecule has 1 atom stereocenters. The average Bonchev–Trinajstić information content (AvgIpc) is 2.76. The Balaban J connectivity index is 2.56. The van der Waals surface area contributed by atoms with Gasteiger partial charge < -0.3 is 10.5 Å². The van der Waals surface area contributed by atoms with Gasteiger partial charge in [-0.05, 0) is 13.3 Å². The van der Waals surface area contributed by atoms with Gasteiger partial charge in [-0.3, -0.25) is 10.1 Å².